The van der Waals surface area contributed by atoms with Gasteiger partial charge in [0.2, 0.25) is 5.95 Å². The predicted octanol–water partition coefficient (Wildman–Crippen LogP) is 3.13. The third-order valence-electron chi connectivity index (χ3n) is 5.10. The number of amides is 1. The number of carbonyl (C=O) groups excluding carboxylic acids is 1. The minimum atomic E-state index is -0.501. The minimum Gasteiger partial charge on any atom is -0.391 e. The number of nitrogens with two attached hydrogens (primary N) is 1. The van der Waals surface area contributed by atoms with E-state index in [1.165, 1.54) is 18.5 Å². The molecule has 1 aliphatic rings. The Balaban J connectivity index is 1.68. The summed E-state index contributed by atoms with van der Waals surface area (Å²) < 4.78 is 14.8. The van der Waals surface area contributed by atoms with E-state index >= 15 is 0 Å². The quantitative estimate of drug-likeness (QED) is 0.714. The Morgan fingerprint density at radius 3 is 2.59 bits per heavy atom. The number of hydrogen-bond donors (Lipinski definition) is 2. The average Bonchev–Trinajstić information content (AvgIpc) is 2.74. The van der Waals surface area contributed by atoms with Gasteiger partial charge in [0.05, 0.1) is 6.10 Å². The number of anilines is 1. The van der Waals surface area contributed by atoms with Gasteiger partial charge in [-0.25, -0.2) is 14.4 Å². The molecule has 0 radical (unpaired) electrons. The molecular weight excluding hydrogens is 371 g/mol. The van der Waals surface area contributed by atoms with Gasteiger partial charge in [-0.15, -0.1) is 0 Å². The molecule has 6 nitrogen and oxygen atoms in total. The zero-order chi connectivity index (χ0) is 20.4. The van der Waals surface area contributed by atoms with Crippen LogP contribution in [-0.4, -0.2) is 45.1 Å². The van der Waals surface area contributed by atoms with E-state index in [1.807, 2.05) is 6.07 Å². The SMILES string of the molecule is Nc1ncc(-c2ccc(-c3ccccc3C(=O)N3CCC[C@H](O)C3)cc2F)cn1. The number of carbonyl (C=O) groups is 1. The van der Waals surface area contributed by atoms with Crippen molar-refractivity contribution in [2.24, 2.45) is 0 Å². The van der Waals surface area contributed by atoms with Crippen molar-refractivity contribution >= 4 is 11.9 Å². The molecule has 0 saturated carbocycles. The molecule has 7 heteroatoms. The third kappa shape index (κ3) is 3.95. The second kappa shape index (κ2) is 7.97. The summed E-state index contributed by atoms with van der Waals surface area (Å²) in [7, 11) is 0. The van der Waals surface area contributed by atoms with Gasteiger partial charge >= 0.3 is 0 Å². The highest BCUT2D eigenvalue weighted by molar-refractivity contribution is 6.01. The van der Waals surface area contributed by atoms with Gasteiger partial charge in [-0.3, -0.25) is 4.79 Å². The van der Waals surface area contributed by atoms with Crippen molar-refractivity contribution in [1.29, 1.82) is 0 Å². The van der Waals surface area contributed by atoms with Gasteiger partial charge in [0.1, 0.15) is 5.82 Å². The number of aliphatic hydroxyl groups is 1. The normalized spacial score (nSPS) is 16.6. The van der Waals surface area contributed by atoms with Crippen LogP contribution in [0.1, 0.15) is 23.2 Å². The van der Waals surface area contributed by atoms with Gasteiger partial charge in [0.25, 0.3) is 5.91 Å². The molecule has 0 aliphatic carbocycles. The first kappa shape index (κ1) is 19.0. The maximum absolute atomic E-state index is 14.8. The van der Waals surface area contributed by atoms with Crippen molar-refractivity contribution in [2.75, 3.05) is 18.8 Å². The summed E-state index contributed by atoms with van der Waals surface area (Å²) in [6.07, 6.45) is 3.91. The standard InChI is InChI=1S/C22H21FN4O2/c23-20-10-14(7-8-18(20)15-11-25-22(24)26-12-15)17-5-1-2-6-19(17)21(29)27-9-3-4-16(28)13-27/h1-2,5-8,10-12,16,28H,3-4,9,13H2,(H2,24,25,26)/t16-/m0/s1. The average molecular weight is 392 g/mol. The number of aromatic nitrogens is 2. The molecule has 1 atom stereocenters. The number of piperidine rings is 1. The number of nitrogen functional groups attached to an aromatic ring is 1. The first-order valence-corrected chi connectivity index (χ1v) is 9.47. The predicted molar refractivity (Wildman–Crippen MR) is 108 cm³/mol. The molecule has 1 amide bonds. The molecule has 1 aliphatic heterocycles. The molecule has 29 heavy (non-hydrogen) atoms. The molecular formula is C22H21FN4O2. The summed E-state index contributed by atoms with van der Waals surface area (Å²) in [6, 6.07) is 12.0. The van der Waals surface area contributed by atoms with Crippen molar-refractivity contribution in [1.82, 2.24) is 14.9 Å². The molecule has 0 unspecified atom stereocenters. The van der Waals surface area contributed by atoms with Crippen LogP contribution in [0.5, 0.6) is 0 Å². The summed E-state index contributed by atoms with van der Waals surface area (Å²) in [5.74, 6) is -0.469. The molecule has 1 aromatic heterocycles. The Labute approximate surface area is 167 Å². The number of nitrogens with zero attached hydrogens (tertiary/aromatic N) is 3. The fourth-order valence-electron chi connectivity index (χ4n) is 3.62. The topological polar surface area (TPSA) is 92.3 Å². The number of halogens is 1. The maximum Gasteiger partial charge on any atom is 0.254 e. The van der Waals surface area contributed by atoms with Crippen molar-refractivity contribution in [2.45, 2.75) is 18.9 Å². The first-order chi connectivity index (χ1) is 14.0. The molecule has 3 aromatic rings. The summed E-state index contributed by atoms with van der Waals surface area (Å²) in [6.45, 7) is 0.923. The second-order valence-electron chi connectivity index (χ2n) is 7.12. The van der Waals surface area contributed by atoms with Gasteiger partial charge in [-0.1, -0.05) is 30.3 Å². The van der Waals surface area contributed by atoms with Crippen LogP contribution < -0.4 is 5.73 Å². The third-order valence-corrected chi connectivity index (χ3v) is 5.10. The zero-order valence-electron chi connectivity index (χ0n) is 15.8. The molecule has 4 rings (SSSR count). The molecule has 1 fully saturated rings. The lowest BCUT2D eigenvalue weighted by Gasteiger charge is -2.30. The van der Waals surface area contributed by atoms with Crippen LogP contribution in [-0.2, 0) is 0 Å². The minimum absolute atomic E-state index is 0.126. The maximum atomic E-state index is 14.8. The van der Waals surface area contributed by atoms with E-state index in [0.717, 1.165) is 6.42 Å². The van der Waals surface area contributed by atoms with Crippen molar-refractivity contribution in [3.05, 3.63) is 66.2 Å². The van der Waals surface area contributed by atoms with Crippen LogP contribution >= 0.6 is 0 Å². The van der Waals surface area contributed by atoms with E-state index in [9.17, 15) is 14.3 Å². The van der Waals surface area contributed by atoms with E-state index in [1.54, 1.807) is 35.2 Å². The molecule has 0 spiro atoms. The Kier molecular flexibility index (Phi) is 5.22. The second-order valence-corrected chi connectivity index (χ2v) is 7.12. The first-order valence-electron chi connectivity index (χ1n) is 9.47. The number of aliphatic hydroxyl groups excluding tert-OH is 1. The Bertz CT molecular complexity index is 1040. The van der Waals surface area contributed by atoms with Crippen molar-refractivity contribution in [3.8, 4) is 22.3 Å². The van der Waals surface area contributed by atoms with Crippen LogP contribution in [0.2, 0.25) is 0 Å². The monoisotopic (exact) mass is 392 g/mol. The van der Waals surface area contributed by atoms with Crippen LogP contribution in [0, 0.1) is 5.82 Å². The Morgan fingerprint density at radius 1 is 1.10 bits per heavy atom. The van der Waals surface area contributed by atoms with Crippen LogP contribution in [0.15, 0.2) is 54.9 Å². The van der Waals surface area contributed by atoms with E-state index < -0.39 is 11.9 Å². The highest BCUT2D eigenvalue weighted by Gasteiger charge is 2.25. The zero-order valence-corrected chi connectivity index (χ0v) is 15.8. The number of likely N-dealkylation sites (tertiary alicyclic amines) is 1. The van der Waals surface area contributed by atoms with Gasteiger partial charge in [-0.05, 0) is 36.1 Å². The van der Waals surface area contributed by atoms with E-state index in [-0.39, 0.29) is 11.9 Å². The fourth-order valence-corrected chi connectivity index (χ4v) is 3.62. The van der Waals surface area contributed by atoms with Crippen LogP contribution in [0.4, 0.5) is 10.3 Å². The van der Waals surface area contributed by atoms with E-state index in [4.69, 9.17) is 5.73 Å². The summed E-state index contributed by atoms with van der Waals surface area (Å²) in [4.78, 5) is 22.5. The Morgan fingerprint density at radius 2 is 1.86 bits per heavy atom. The van der Waals surface area contributed by atoms with Crippen LogP contribution in [0.3, 0.4) is 0 Å². The molecule has 3 N–H and O–H groups in total. The van der Waals surface area contributed by atoms with Gasteiger partial charge in [-0.2, -0.15) is 0 Å². The van der Waals surface area contributed by atoms with Gasteiger partial charge in [0, 0.05) is 42.2 Å². The largest absolute Gasteiger partial charge is 0.391 e. The highest BCUT2D eigenvalue weighted by Crippen LogP contribution is 2.30. The summed E-state index contributed by atoms with van der Waals surface area (Å²) >= 11 is 0. The number of hydrogen-bond acceptors (Lipinski definition) is 5. The number of rotatable bonds is 3. The smallest absolute Gasteiger partial charge is 0.254 e. The van der Waals surface area contributed by atoms with E-state index in [2.05, 4.69) is 9.97 Å². The van der Waals surface area contributed by atoms with Crippen molar-refractivity contribution in [3.63, 3.8) is 0 Å². The lowest BCUT2D eigenvalue weighted by atomic mass is 9.96. The van der Waals surface area contributed by atoms with E-state index in [0.29, 0.717) is 47.3 Å². The van der Waals surface area contributed by atoms with Gasteiger partial charge in [0.15, 0.2) is 0 Å². The van der Waals surface area contributed by atoms with Gasteiger partial charge < -0.3 is 15.7 Å². The van der Waals surface area contributed by atoms with Crippen LogP contribution in [0.25, 0.3) is 22.3 Å². The summed E-state index contributed by atoms with van der Waals surface area (Å²) in [5, 5.41) is 9.89. The fraction of sp³-hybridized carbons (Fsp3) is 0.227. The number of β-amino-alcohol motifs (C(OH)–C–C–N with tert-alkyl or cyclic N) is 1. The Hall–Kier alpha value is -3.32. The molecule has 0 bridgehead atoms. The molecule has 1 saturated heterocycles. The highest BCUT2D eigenvalue weighted by atomic mass is 19.1. The molecule has 148 valence electrons. The summed E-state index contributed by atoms with van der Waals surface area (Å²) in [5.41, 5.74) is 8.11. The lowest BCUT2D eigenvalue weighted by molar-refractivity contribution is 0.0474. The van der Waals surface area contributed by atoms with Crippen molar-refractivity contribution < 1.29 is 14.3 Å². The number of benzene rings is 2. The molecule has 2 aromatic carbocycles. The lowest BCUT2D eigenvalue weighted by Crippen LogP contribution is -2.42. The molecule has 2 heterocycles.